The Bertz CT molecular complexity index is 125. The number of hydrogen-bond acceptors (Lipinski definition) is 4. The Hall–Kier alpha value is -0.900. The summed E-state index contributed by atoms with van der Waals surface area (Å²) >= 11 is 0. The summed E-state index contributed by atoms with van der Waals surface area (Å²) in [6.45, 7) is 1.80. The predicted octanol–water partition coefficient (Wildman–Crippen LogP) is -0.651. The molecule has 0 rings (SSSR count). The van der Waals surface area contributed by atoms with Crippen molar-refractivity contribution in [3.8, 4) is 0 Å². The Balaban J connectivity index is 4.01. The molecule has 4 heteroatoms. The second-order valence-electron chi connectivity index (χ2n) is 1.73. The van der Waals surface area contributed by atoms with Gasteiger partial charge in [-0.25, -0.2) is 0 Å². The Morgan fingerprint density at radius 2 is 2.22 bits per heavy atom. The van der Waals surface area contributed by atoms with Crippen molar-refractivity contribution < 1.29 is 0 Å². The summed E-state index contributed by atoms with van der Waals surface area (Å²) in [5.74, 6) is 4.98. The molecule has 0 bridgehead atoms. The van der Waals surface area contributed by atoms with Crippen LogP contribution in [0.1, 0.15) is 6.92 Å². The van der Waals surface area contributed by atoms with Crippen LogP contribution in [0.15, 0.2) is 10.1 Å². The fraction of sp³-hybridized carbons (Fsp3) is 0.600. The van der Waals surface area contributed by atoms with Crippen molar-refractivity contribution in [3.05, 3.63) is 0 Å². The SMILES string of the molecule is CN=CC(=NN)C(C)N. The minimum absolute atomic E-state index is 0.140. The lowest BCUT2D eigenvalue weighted by molar-refractivity contribution is 0.972. The van der Waals surface area contributed by atoms with E-state index in [4.69, 9.17) is 11.6 Å². The second-order valence-corrected chi connectivity index (χ2v) is 1.73. The maximum atomic E-state index is 5.43. The molecular weight excluding hydrogens is 116 g/mol. The van der Waals surface area contributed by atoms with Crippen molar-refractivity contribution in [2.45, 2.75) is 13.0 Å². The highest BCUT2D eigenvalue weighted by molar-refractivity contribution is 6.32. The van der Waals surface area contributed by atoms with Gasteiger partial charge in [-0.1, -0.05) is 0 Å². The van der Waals surface area contributed by atoms with Crippen molar-refractivity contribution in [2.24, 2.45) is 21.7 Å². The summed E-state index contributed by atoms with van der Waals surface area (Å²) in [6, 6.07) is -0.140. The fourth-order valence-corrected chi connectivity index (χ4v) is 0.401. The molecule has 0 aliphatic rings. The Kier molecular flexibility index (Phi) is 3.62. The van der Waals surface area contributed by atoms with E-state index in [1.165, 1.54) is 0 Å². The quantitative estimate of drug-likeness (QED) is 0.294. The van der Waals surface area contributed by atoms with Crippen molar-refractivity contribution in [3.63, 3.8) is 0 Å². The van der Waals surface area contributed by atoms with Crippen LogP contribution in [0.3, 0.4) is 0 Å². The molecule has 0 aromatic carbocycles. The number of nitrogens with zero attached hydrogens (tertiary/aromatic N) is 2. The van der Waals surface area contributed by atoms with Crippen molar-refractivity contribution >= 4 is 11.9 Å². The highest BCUT2D eigenvalue weighted by atomic mass is 15.1. The topological polar surface area (TPSA) is 76.8 Å². The zero-order chi connectivity index (χ0) is 7.28. The third-order valence-corrected chi connectivity index (χ3v) is 0.877. The van der Waals surface area contributed by atoms with Gasteiger partial charge in [-0.15, -0.1) is 0 Å². The van der Waals surface area contributed by atoms with Gasteiger partial charge in [0.25, 0.3) is 0 Å². The van der Waals surface area contributed by atoms with Crippen LogP contribution < -0.4 is 11.6 Å². The minimum Gasteiger partial charge on any atom is -0.323 e. The maximum absolute atomic E-state index is 5.43. The molecule has 0 aliphatic carbocycles. The van der Waals surface area contributed by atoms with E-state index in [0.29, 0.717) is 5.71 Å². The predicted molar refractivity (Wildman–Crippen MR) is 39.7 cm³/mol. The molecule has 0 saturated heterocycles. The molecule has 0 amide bonds. The van der Waals surface area contributed by atoms with E-state index in [2.05, 4.69) is 10.1 Å². The second kappa shape index (κ2) is 4.03. The molecular formula is C5H12N4. The number of hydrogen-bond donors (Lipinski definition) is 2. The molecule has 52 valence electrons. The molecule has 0 radical (unpaired) electrons. The van der Waals surface area contributed by atoms with E-state index in [1.807, 2.05) is 0 Å². The van der Waals surface area contributed by atoms with E-state index in [-0.39, 0.29) is 6.04 Å². The van der Waals surface area contributed by atoms with Gasteiger partial charge in [-0.05, 0) is 6.92 Å². The van der Waals surface area contributed by atoms with Gasteiger partial charge in [0.05, 0.1) is 5.71 Å². The van der Waals surface area contributed by atoms with Crippen LogP contribution in [0.5, 0.6) is 0 Å². The number of rotatable bonds is 2. The monoisotopic (exact) mass is 128 g/mol. The van der Waals surface area contributed by atoms with Gasteiger partial charge < -0.3 is 11.6 Å². The van der Waals surface area contributed by atoms with Crippen LogP contribution in [0.25, 0.3) is 0 Å². The average molecular weight is 128 g/mol. The fourth-order valence-electron chi connectivity index (χ4n) is 0.401. The van der Waals surface area contributed by atoms with Gasteiger partial charge >= 0.3 is 0 Å². The van der Waals surface area contributed by atoms with Gasteiger partial charge in [-0.2, -0.15) is 5.10 Å². The third kappa shape index (κ3) is 2.81. The maximum Gasteiger partial charge on any atom is 0.0942 e. The first kappa shape index (κ1) is 8.10. The van der Waals surface area contributed by atoms with E-state index >= 15 is 0 Å². The van der Waals surface area contributed by atoms with Crippen LogP contribution in [-0.2, 0) is 0 Å². The minimum atomic E-state index is -0.140. The molecule has 1 atom stereocenters. The summed E-state index contributed by atoms with van der Waals surface area (Å²) in [4.78, 5) is 3.71. The Morgan fingerprint density at radius 1 is 1.67 bits per heavy atom. The average Bonchev–Trinajstić information content (AvgIpc) is 1.82. The van der Waals surface area contributed by atoms with Crippen molar-refractivity contribution in [1.82, 2.24) is 0 Å². The van der Waals surface area contributed by atoms with Crippen LogP contribution in [0, 0.1) is 0 Å². The van der Waals surface area contributed by atoms with Crippen LogP contribution in [0.2, 0.25) is 0 Å². The molecule has 0 aromatic rings. The van der Waals surface area contributed by atoms with Gasteiger partial charge in [0.2, 0.25) is 0 Å². The van der Waals surface area contributed by atoms with Crippen LogP contribution >= 0.6 is 0 Å². The zero-order valence-electron chi connectivity index (χ0n) is 5.70. The highest BCUT2D eigenvalue weighted by Gasteiger charge is 1.99. The molecule has 0 fully saturated rings. The first-order valence-corrected chi connectivity index (χ1v) is 2.68. The molecule has 0 aliphatic heterocycles. The molecule has 0 saturated carbocycles. The third-order valence-electron chi connectivity index (χ3n) is 0.877. The van der Waals surface area contributed by atoms with E-state index in [1.54, 1.807) is 20.2 Å². The lowest BCUT2D eigenvalue weighted by atomic mass is 10.2. The summed E-state index contributed by atoms with van der Waals surface area (Å²) in [5.41, 5.74) is 6.04. The standard InChI is InChI=1S/C5H12N4/c1-4(6)5(9-7)3-8-2/h3-4H,6-7H2,1-2H3. The molecule has 4 N–H and O–H groups in total. The van der Waals surface area contributed by atoms with E-state index < -0.39 is 0 Å². The van der Waals surface area contributed by atoms with Gasteiger partial charge in [-0.3, -0.25) is 4.99 Å². The molecule has 0 aromatic heterocycles. The summed E-state index contributed by atoms with van der Waals surface area (Å²) in [5, 5.41) is 3.42. The van der Waals surface area contributed by atoms with Crippen LogP contribution in [0.4, 0.5) is 0 Å². The molecule has 0 heterocycles. The molecule has 0 spiro atoms. The molecule has 9 heavy (non-hydrogen) atoms. The summed E-state index contributed by atoms with van der Waals surface area (Å²) < 4.78 is 0. The van der Waals surface area contributed by atoms with Crippen molar-refractivity contribution in [2.75, 3.05) is 7.05 Å². The van der Waals surface area contributed by atoms with E-state index in [9.17, 15) is 0 Å². The summed E-state index contributed by atoms with van der Waals surface area (Å²) in [7, 11) is 1.65. The number of nitrogens with two attached hydrogens (primary N) is 2. The number of aliphatic imine (C=N–C) groups is 1. The Labute approximate surface area is 54.6 Å². The smallest absolute Gasteiger partial charge is 0.0942 e. The highest BCUT2D eigenvalue weighted by Crippen LogP contribution is 1.77. The molecule has 4 nitrogen and oxygen atoms in total. The van der Waals surface area contributed by atoms with Crippen LogP contribution in [-0.4, -0.2) is 25.0 Å². The number of hydrazone groups is 1. The molecule has 1 unspecified atom stereocenters. The van der Waals surface area contributed by atoms with Gasteiger partial charge in [0.15, 0.2) is 0 Å². The van der Waals surface area contributed by atoms with Crippen molar-refractivity contribution in [1.29, 1.82) is 0 Å². The van der Waals surface area contributed by atoms with E-state index in [0.717, 1.165) is 0 Å². The first-order chi connectivity index (χ1) is 4.22. The summed E-state index contributed by atoms with van der Waals surface area (Å²) in [6.07, 6.45) is 1.55. The Morgan fingerprint density at radius 3 is 2.33 bits per heavy atom. The first-order valence-electron chi connectivity index (χ1n) is 2.68. The zero-order valence-corrected chi connectivity index (χ0v) is 5.70. The lowest BCUT2D eigenvalue weighted by Gasteiger charge is -2.00. The largest absolute Gasteiger partial charge is 0.323 e. The van der Waals surface area contributed by atoms with Gasteiger partial charge in [0, 0.05) is 19.3 Å². The van der Waals surface area contributed by atoms with Gasteiger partial charge in [0.1, 0.15) is 0 Å². The normalized spacial score (nSPS) is 16.6. The lowest BCUT2D eigenvalue weighted by Crippen LogP contribution is -2.28.